The number of hydrogen-bond acceptors (Lipinski definition) is 5. The lowest BCUT2D eigenvalue weighted by Crippen LogP contribution is -2.23. The lowest BCUT2D eigenvalue weighted by atomic mass is 9.96. The average molecular weight is 438 g/mol. The van der Waals surface area contributed by atoms with Crippen molar-refractivity contribution in [1.82, 2.24) is 5.32 Å². The van der Waals surface area contributed by atoms with E-state index in [1.54, 1.807) is 26.6 Å². The van der Waals surface area contributed by atoms with Crippen molar-refractivity contribution in [1.29, 1.82) is 0 Å². The van der Waals surface area contributed by atoms with Crippen LogP contribution in [-0.4, -0.2) is 39.9 Å². The first-order valence-electron chi connectivity index (χ1n) is 10.8. The molecule has 6 heteroatoms. The Labute approximate surface area is 189 Å². The van der Waals surface area contributed by atoms with Crippen LogP contribution in [0.1, 0.15) is 31.4 Å². The molecule has 1 N–H and O–H groups in total. The van der Waals surface area contributed by atoms with Crippen LogP contribution < -0.4 is 14.8 Å². The molecule has 0 aliphatic heterocycles. The lowest BCUT2D eigenvalue weighted by Gasteiger charge is -2.15. The number of ether oxygens (including phenoxy) is 3. The molecule has 6 nitrogen and oxygen atoms in total. The minimum atomic E-state index is -0.140. The van der Waals surface area contributed by atoms with Gasteiger partial charge in [0, 0.05) is 48.4 Å². The minimum Gasteiger partial charge on any atom is -0.497 e. The fourth-order valence-corrected chi connectivity index (χ4v) is 3.71. The molecule has 0 atom stereocenters. The van der Waals surface area contributed by atoms with Crippen molar-refractivity contribution in [3.05, 3.63) is 53.8 Å². The Morgan fingerprint density at radius 1 is 1.22 bits per heavy atom. The van der Waals surface area contributed by atoms with E-state index in [4.69, 9.17) is 18.6 Å². The van der Waals surface area contributed by atoms with Gasteiger partial charge in [-0.25, -0.2) is 0 Å². The van der Waals surface area contributed by atoms with Crippen LogP contribution >= 0.6 is 0 Å². The summed E-state index contributed by atoms with van der Waals surface area (Å²) in [7, 11) is 3.30. The van der Waals surface area contributed by atoms with Crippen LogP contribution in [0.15, 0.2) is 47.1 Å². The number of rotatable bonds is 10. The molecule has 3 rings (SSSR count). The van der Waals surface area contributed by atoms with Gasteiger partial charge < -0.3 is 23.9 Å². The second kappa shape index (κ2) is 10.9. The van der Waals surface area contributed by atoms with E-state index in [0.29, 0.717) is 19.8 Å². The van der Waals surface area contributed by atoms with Gasteiger partial charge >= 0.3 is 0 Å². The number of allylic oxidation sites excluding steroid dienone is 1. The Kier molecular flexibility index (Phi) is 7.95. The van der Waals surface area contributed by atoms with Crippen molar-refractivity contribution >= 4 is 22.4 Å². The number of hydrogen-bond donors (Lipinski definition) is 1. The zero-order chi connectivity index (χ0) is 23.1. The van der Waals surface area contributed by atoms with E-state index in [9.17, 15) is 4.79 Å². The number of furan rings is 1. The first-order valence-corrected chi connectivity index (χ1v) is 10.8. The van der Waals surface area contributed by atoms with E-state index >= 15 is 0 Å². The molecule has 2 aromatic carbocycles. The van der Waals surface area contributed by atoms with E-state index in [0.717, 1.165) is 56.7 Å². The number of carbonyl (C=O) groups excluding carboxylic acids is 1. The molecule has 0 spiro atoms. The van der Waals surface area contributed by atoms with Crippen molar-refractivity contribution in [3.63, 3.8) is 0 Å². The third-order valence-electron chi connectivity index (χ3n) is 5.31. The predicted molar refractivity (Wildman–Crippen MR) is 127 cm³/mol. The van der Waals surface area contributed by atoms with E-state index in [-0.39, 0.29) is 5.91 Å². The molecule has 170 valence electrons. The highest BCUT2D eigenvalue weighted by Crippen LogP contribution is 2.41. The number of fused-ring (bicyclic) bond motifs is 1. The Morgan fingerprint density at radius 3 is 2.75 bits per heavy atom. The summed E-state index contributed by atoms with van der Waals surface area (Å²) in [4.78, 5) is 12.4. The first-order chi connectivity index (χ1) is 15.5. The summed E-state index contributed by atoms with van der Waals surface area (Å²) < 4.78 is 22.3. The maximum absolute atomic E-state index is 12.4. The second-order valence-corrected chi connectivity index (χ2v) is 7.53. The lowest BCUT2D eigenvalue weighted by molar-refractivity contribution is -0.116. The van der Waals surface area contributed by atoms with E-state index in [1.165, 1.54) is 0 Å². The maximum Gasteiger partial charge on any atom is 0.244 e. The standard InChI is InChI=1S/C26H31NO5/c1-6-31-25-18(3)26-22(23(16-32-26)19-9-7-10-20(14-19)30-5)15-21(25)17(2)13-24(28)27-11-8-12-29-4/h7,9-10,13-16H,6,8,11-12H2,1-5H3,(H,27,28)/b17-13+. The summed E-state index contributed by atoms with van der Waals surface area (Å²) in [6.45, 7) is 7.53. The molecule has 32 heavy (non-hydrogen) atoms. The van der Waals surface area contributed by atoms with Gasteiger partial charge in [-0.05, 0) is 56.5 Å². The largest absolute Gasteiger partial charge is 0.497 e. The van der Waals surface area contributed by atoms with Gasteiger partial charge in [-0.15, -0.1) is 0 Å². The molecule has 1 amide bonds. The number of benzene rings is 2. The molecule has 0 saturated heterocycles. The molecular weight excluding hydrogens is 406 g/mol. The molecule has 1 aromatic heterocycles. The Hall–Kier alpha value is -3.25. The molecular formula is C26H31NO5. The number of aryl methyl sites for hydroxylation is 1. The van der Waals surface area contributed by atoms with Crippen molar-refractivity contribution in [3.8, 4) is 22.6 Å². The highest BCUT2D eigenvalue weighted by Gasteiger charge is 2.19. The fraction of sp³-hybridized carbons (Fsp3) is 0.346. The van der Waals surface area contributed by atoms with Crippen molar-refractivity contribution in [2.24, 2.45) is 0 Å². The molecule has 1 heterocycles. The minimum absolute atomic E-state index is 0.140. The highest BCUT2D eigenvalue weighted by atomic mass is 16.5. The summed E-state index contributed by atoms with van der Waals surface area (Å²) >= 11 is 0. The normalized spacial score (nSPS) is 11.6. The van der Waals surface area contributed by atoms with E-state index in [2.05, 4.69) is 5.32 Å². The van der Waals surface area contributed by atoms with Crippen molar-refractivity contribution in [2.75, 3.05) is 34.0 Å². The molecule has 0 bridgehead atoms. The van der Waals surface area contributed by atoms with Gasteiger partial charge in [-0.2, -0.15) is 0 Å². The van der Waals surface area contributed by atoms with Gasteiger partial charge in [0.1, 0.15) is 17.1 Å². The molecule has 0 radical (unpaired) electrons. The number of amides is 1. The van der Waals surface area contributed by atoms with Crippen LogP contribution in [-0.2, 0) is 9.53 Å². The number of nitrogens with one attached hydrogen (secondary N) is 1. The molecule has 0 aliphatic carbocycles. The summed E-state index contributed by atoms with van der Waals surface area (Å²) in [5, 5.41) is 3.86. The predicted octanol–water partition coefficient (Wildman–Crippen LogP) is 5.37. The molecule has 0 aliphatic rings. The molecule has 0 fully saturated rings. The summed E-state index contributed by atoms with van der Waals surface area (Å²) in [6.07, 6.45) is 4.14. The van der Waals surface area contributed by atoms with E-state index < -0.39 is 0 Å². The Morgan fingerprint density at radius 2 is 2.03 bits per heavy atom. The van der Waals surface area contributed by atoms with Gasteiger partial charge in [0.25, 0.3) is 0 Å². The zero-order valence-corrected chi connectivity index (χ0v) is 19.4. The van der Waals surface area contributed by atoms with Crippen LogP contribution in [0.4, 0.5) is 0 Å². The first kappa shape index (κ1) is 23.4. The molecule has 0 saturated carbocycles. The van der Waals surface area contributed by atoms with Crippen LogP contribution in [0, 0.1) is 6.92 Å². The SMILES string of the molecule is CCOc1c(/C(C)=C/C(=O)NCCCOC)cc2c(-c3cccc(OC)c3)coc2c1C. The van der Waals surface area contributed by atoms with Gasteiger partial charge in [0.15, 0.2) is 0 Å². The average Bonchev–Trinajstić information content (AvgIpc) is 3.23. The number of carbonyl (C=O) groups is 1. The molecule has 0 unspecified atom stereocenters. The second-order valence-electron chi connectivity index (χ2n) is 7.53. The Bertz CT molecular complexity index is 1110. The van der Waals surface area contributed by atoms with Crippen LogP contribution in [0.25, 0.3) is 27.7 Å². The monoisotopic (exact) mass is 437 g/mol. The molecule has 3 aromatic rings. The summed E-state index contributed by atoms with van der Waals surface area (Å²) in [6, 6.07) is 9.90. The van der Waals surface area contributed by atoms with Gasteiger partial charge in [-0.3, -0.25) is 4.79 Å². The topological polar surface area (TPSA) is 69.9 Å². The smallest absolute Gasteiger partial charge is 0.244 e. The zero-order valence-electron chi connectivity index (χ0n) is 19.4. The Balaban J connectivity index is 2.05. The van der Waals surface area contributed by atoms with Gasteiger partial charge in [0.05, 0.1) is 20.0 Å². The van der Waals surface area contributed by atoms with Gasteiger partial charge in [-0.1, -0.05) is 12.1 Å². The number of methoxy groups -OCH3 is 2. The van der Waals surface area contributed by atoms with Crippen LogP contribution in [0.5, 0.6) is 11.5 Å². The van der Waals surface area contributed by atoms with E-state index in [1.807, 2.05) is 51.1 Å². The van der Waals surface area contributed by atoms with Crippen molar-refractivity contribution < 1.29 is 23.4 Å². The highest BCUT2D eigenvalue weighted by molar-refractivity contribution is 6.01. The summed E-state index contributed by atoms with van der Waals surface area (Å²) in [5.74, 6) is 1.37. The summed E-state index contributed by atoms with van der Waals surface area (Å²) in [5.41, 5.74) is 5.32. The quantitative estimate of drug-likeness (QED) is 0.341. The fourth-order valence-electron chi connectivity index (χ4n) is 3.71. The third kappa shape index (κ3) is 5.14. The van der Waals surface area contributed by atoms with Crippen molar-refractivity contribution in [2.45, 2.75) is 27.2 Å². The van der Waals surface area contributed by atoms with Crippen LogP contribution in [0.3, 0.4) is 0 Å². The maximum atomic E-state index is 12.4. The van der Waals surface area contributed by atoms with Gasteiger partial charge in [0.2, 0.25) is 5.91 Å². The van der Waals surface area contributed by atoms with Crippen LogP contribution in [0.2, 0.25) is 0 Å². The third-order valence-corrected chi connectivity index (χ3v) is 5.31.